The van der Waals surface area contributed by atoms with Crippen LogP contribution in [0.5, 0.6) is 0 Å². The van der Waals surface area contributed by atoms with Crippen LogP contribution in [0.1, 0.15) is 36.9 Å². The lowest BCUT2D eigenvalue weighted by molar-refractivity contribution is 0.520. The summed E-state index contributed by atoms with van der Waals surface area (Å²) in [6.07, 6.45) is 4.69. The van der Waals surface area contributed by atoms with Crippen molar-refractivity contribution >= 4 is 22.8 Å². The molecular formula is C19H21N5. The van der Waals surface area contributed by atoms with E-state index in [-0.39, 0.29) is 11.4 Å². The van der Waals surface area contributed by atoms with E-state index in [2.05, 4.69) is 57.7 Å². The van der Waals surface area contributed by atoms with E-state index in [1.165, 1.54) is 18.4 Å². The molecule has 0 saturated heterocycles. The Kier molecular flexibility index (Phi) is 3.56. The van der Waals surface area contributed by atoms with Crippen LogP contribution in [0.3, 0.4) is 0 Å². The van der Waals surface area contributed by atoms with Gasteiger partial charge in [-0.3, -0.25) is 0 Å². The lowest BCUT2D eigenvalue weighted by Crippen LogP contribution is -2.25. The highest BCUT2D eigenvalue weighted by Crippen LogP contribution is 2.46. The lowest BCUT2D eigenvalue weighted by Gasteiger charge is -2.29. The average molecular weight is 319 g/mol. The van der Waals surface area contributed by atoms with Gasteiger partial charge in [-0.1, -0.05) is 43.2 Å². The van der Waals surface area contributed by atoms with Gasteiger partial charge in [0.2, 0.25) is 5.95 Å². The molecule has 0 spiro atoms. The van der Waals surface area contributed by atoms with Crippen molar-refractivity contribution in [3.05, 3.63) is 53.7 Å². The highest BCUT2D eigenvalue weighted by Gasteiger charge is 2.38. The molecule has 2 aromatic heterocycles. The van der Waals surface area contributed by atoms with E-state index >= 15 is 0 Å². The molecule has 24 heavy (non-hydrogen) atoms. The van der Waals surface area contributed by atoms with Crippen LogP contribution in [0.25, 0.3) is 11.0 Å². The van der Waals surface area contributed by atoms with Gasteiger partial charge < -0.3 is 11.1 Å². The number of benzene rings is 1. The summed E-state index contributed by atoms with van der Waals surface area (Å²) >= 11 is 0. The number of nitrogens with zero attached hydrogens (tertiary/aromatic N) is 3. The first-order chi connectivity index (χ1) is 11.7. The van der Waals surface area contributed by atoms with Crippen molar-refractivity contribution < 1.29 is 0 Å². The normalized spacial score (nSPS) is 16.4. The third-order valence-corrected chi connectivity index (χ3v) is 5.09. The maximum absolute atomic E-state index is 5.85. The SMILES string of the molecule is CNc1nc(N)nc2nc(C3(c4ccccc4)CCCC3)ccc12. The summed E-state index contributed by atoms with van der Waals surface area (Å²) in [7, 11) is 1.83. The van der Waals surface area contributed by atoms with E-state index in [0.29, 0.717) is 5.65 Å². The van der Waals surface area contributed by atoms with Crippen LogP contribution in [0.4, 0.5) is 11.8 Å². The number of nitrogens with two attached hydrogens (primary N) is 1. The Labute approximate surface area is 141 Å². The fraction of sp³-hybridized carbons (Fsp3) is 0.316. The van der Waals surface area contributed by atoms with E-state index in [9.17, 15) is 0 Å². The van der Waals surface area contributed by atoms with Gasteiger partial charge in [-0.05, 0) is 30.5 Å². The summed E-state index contributed by atoms with van der Waals surface area (Å²) in [6, 6.07) is 14.9. The number of nitrogen functional groups attached to an aromatic ring is 1. The van der Waals surface area contributed by atoms with Gasteiger partial charge in [0, 0.05) is 12.5 Å². The number of pyridine rings is 1. The van der Waals surface area contributed by atoms with Gasteiger partial charge in [0.05, 0.1) is 11.1 Å². The quantitative estimate of drug-likeness (QED) is 0.772. The Morgan fingerprint density at radius 3 is 2.42 bits per heavy atom. The molecule has 0 aliphatic heterocycles. The van der Waals surface area contributed by atoms with Crippen molar-refractivity contribution in [3.8, 4) is 0 Å². The number of aromatic nitrogens is 3. The average Bonchev–Trinajstić information content (AvgIpc) is 3.12. The predicted octanol–water partition coefficient (Wildman–Crippen LogP) is 3.51. The molecule has 122 valence electrons. The molecule has 5 nitrogen and oxygen atoms in total. The van der Waals surface area contributed by atoms with E-state index in [4.69, 9.17) is 10.7 Å². The zero-order valence-corrected chi connectivity index (χ0v) is 13.8. The maximum atomic E-state index is 5.85. The summed E-state index contributed by atoms with van der Waals surface area (Å²) in [5.41, 5.74) is 8.91. The van der Waals surface area contributed by atoms with Crippen molar-refractivity contribution in [2.24, 2.45) is 0 Å². The summed E-state index contributed by atoms with van der Waals surface area (Å²) < 4.78 is 0. The molecule has 0 unspecified atom stereocenters. The van der Waals surface area contributed by atoms with Crippen LogP contribution in [0, 0.1) is 0 Å². The van der Waals surface area contributed by atoms with Gasteiger partial charge >= 0.3 is 0 Å². The van der Waals surface area contributed by atoms with E-state index in [1.807, 2.05) is 7.05 Å². The van der Waals surface area contributed by atoms with E-state index in [0.717, 1.165) is 29.7 Å². The summed E-state index contributed by atoms with van der Waals surface area (Å²) in [5.74, 6) is 0.966. The van der Waals surface area contributed by atoms with E-state index in [1.54, 1.807) is 0 Å². The molecule has 0 radical (unpaired) electrons. The molecule has 2 heterocycles. The van der Waals surface area contributed by atoms with Gasteiger partial charge in [0.15, 0.2) is 5.65 Å². The summed E-state index contributed by atoms with van der Waals surface area (Å²) in [4.78, 5) is 13.5. The number of rotatable bonds is 3. The molecule has 3 aromatic rings. The minimum absolute atomic E-state index is 0.0189. The predicted molar refractivity (Wildman–Crippen MR) is 97.0 cm³/mol. The first-order valence-corrected chi connectivity index (χ1v) is 8.41. The standard InChI is InChI=1S/C19H21N5/c1-21-16-14-9-10-15(22-17(14)24-18(20)23-16)19(11-5-6-12-19)13-7-3-2-4-8-13/h2-4,7-10H,5-6,11-12H2,1H3,(H3,20,21,22,23,24). The molecule has 5 heteroatoms. The van der Waals surface area contributed by atoms with Crippen LogP contribution < -0.4 is 11.1 Å². The molecule has 1 fully saturated rings. The van der Waals surface area contributed by atoms with E-state index < -0.39 is 0 Å². The first-order valence-electron chi connectivity index (χ1n) is 8.41. The molecule has 3 N–H and O–H groups in total. The minimum atomic E-state index is -0.0189. The molecule has 0 bridgehead atoms. The molecule has 4 rings (SSSR count). The van der Waals surface area contributed by atoms with Crippen molar-refractivity contribution in [1.29, 1.82) is 0 Å². The molecule has 1 saturated carbocycles. The fourth-order valence-corrected chi connectivity index (χ4v) is 3.91. The molecule has 0 amide bonds. The Morgan fingerprint density at radius 2 is 1.71 bits per heavy atom. The Balaban J connectivity index is 1.91. The summed E-state index contributed by atoms with van der Waals surface area (Å²) in [5, 5.41) is 3.97. The van der Waals surface area contributed by atoms with Crippen molar-refractivity contribution in [3.63, 3.8) is 0 Å². The number of nitrogens with one attached hydrogen (secondary N) is 1. The van der Waals surface area contributed by atoms with Gasteiger partial charge in [-0.25, -0.2) is 4.98 Å². The zero-order valence-electron chi connectivity index (χ0n) is 13.8. The second kappa shape index (κ2) is 5.74. The minimum Gasteiger partial charge on any atom is -0.372 e. The topological polar surface area (TPSA) is 76.7 Å². The third kappa shape index (κ3) is 2.28. The molecule has 0 atom stereocenters. The second-order valence-corrected chi connectivity index (χ2v) is 6.40. The third-order valence-electron chi connectivity index (χ3n) is 5.09. The highest BCUT2D eigenvalue weighted by atomic mass is 15.1. The number of fused-ring (bicyclic) bond motifs is 1. The number of anilines is 2. The van der Waals surface area contributed by atoms with Gasteiger partial charge in [-0.2, -0.15) is 9.97 Å². The Morgan fingerprint density at radius 1 is 0.958 bits per heavy atom. The molecular weight excluding hydrogens is 298 g/mol. The first kappa shape index (κ1) is 14.9. The van der Waals surface area contributed by atoms with Crippen molar-refractivity contribution in [2.75, 3.05) is 18.1 Å². The zero-order chi connectivity index (χ0) is 16.6. The largest absolute Gasteiger partial charge is 0.372 e. The number of hydrogen-bond donors (Lipinski definition) is 2. The van der Waals surface area contributed by atoms with Crippen molar-refractivity contribution in [2.45, 2.75) is 31.1 Å². The van der Waals surface area contributed by atoms with Crippen molar-refractivity contribution in [1.82, 2.24) is 15.0 Å². The highest BCUT2D eigenvalue weighted by molar-refractivity contribution is 5.87. The Bertz CT molecular complexity index is 870. The van der Waals surface area contributed by atoms with Crippen LogP contribution in [0.15, 0.2) is 42.5 Å². The van der Waals surface area contributed by atoms with Crippen LogP contribution in [-0.4, -0.2) is 22.0 Å². The summed E-state index contributed by atoms with van der Waals surface area (Å²) in [6.45, 7) is 0. The molecule has 1 aliphatic carbocycles. The number of hydrogen-bond acceptors (Lipinski definition) is 5. The fourth-order valence-electron chi connectivity index (χ4n) is 3.91. The van der Waals surface area contributed by atoms with Crippen LogP contribution in [-0.2, 0) is 5.41 Å². The lowest BCUT2D eigenvalue weighted by atomic mass is 9.76. The smallest absolute Gasteiger partial charge is 0.224 e. The molecule has 1 aromatic carbocycles. The maximum Gasteiger partial charge on any atom is 0.224 e. The van der Waals surface area contributed by atoms with Crippen LogP contribution in [0.2, 0.25) is 0 Å². The second-order valence-electron chi connectivity index (χ2n) is 6.40. The molecule has 1 aliphatic rings. The van der Waals surface area contributed by atoms with Crippen LogP contribution >= 0.6 is 0 Å². The Hall–Kier alpha value is -2.69. The monoisotopic (exact) mass is 319 g/mol. The van der Waals surface area contributed by atoms with Gasteiger partial charge in [0.25, 0.3) is 0 Å². The van der Waals surface area contributed by atoms with Gasteiger partial charge in [-0.15, -0.1) is 0 Å². The van der Waals surface area contributed by atoms with Gasteiger partial charge in [0.1, 0.15) is 5.82 Å².